The third-order valence-corrected chi connectivity index (χ3v) is 9.94. The molecule has 0 amide bonds. The van der Waals surface area contributed by atoms with Crippen LogP contribution in [0.15, 0.2) is 12.1 Å². The maximum Gasteiger partial charge on any atom is 0.647 e. The number of ether oxygens (including phenoxy) is 2. The quantitative estimate of drug-likeness (QED) is 0.251. The number of phenols is 2. The van der Waals surface area contributed by atoms with Gasteiger partial charge in [-0.2, -0.15) is 9.13 Å². The van der Waals surface area contributed by atoms with Gasteiger partial charge in [0.15, 0.2) is 23.0 Å². The summed E-state index contributed by atoms with van der Waals surface area (Å²) >= 11 is 13.0. The number of rotatable bonds is 0. The molecule has 3 aromatic rings. The Hall–Kier alpha value is -3.63. The Labute approximate surface area is 213 Å². The van der Waals surface area contributed by atoms with Crippen LogP contribution in [0.2, 0.25) is 10.0 Å². The Morgan fingerprint density at radius 1 is 0.676 bits per heavy atom. The Morgan fingerprint density at radius 2 is 1.24 bits per heavy atom. The minimum absolute atomic E-state index is 0.00963. The first-order valence-corrected chi connectivity index (χ1v) is 13.9. The molecule has 0 fully saturated rings. The number of carbonyl (C=O) groups excluding carboxylic acids is 1. The maximum atomic E-state index is 13.7. The average molecular weight is 585 g/mol. The van der Waals surface area contributed by atoms with Crippen molar-refractivity contribution in [3.05, 3.63) is 44.4 Å². The van der Waals surface area contributed by atoms with Gasteiger partial charge in [0.05, 0.1) is 21.7 Å². The summed E-state index contributed by atoms with van der Waals surface area (Å²) in [7, 11) is -9.33. The van der Waals surface area contributed by atoms with Crippen LogP contribution >= 0.6 is 38.8 Å². The number of phenolic OH excluding ortho intramolecular Hbond substituents is 2. The second-order valence-corrected chi connectivity index (χ2v) is 12.1. The summed E-state index contributed by atoms with van der Waals surface area (Å²) in [6.07, 6.45) is 0. The highest BCUT2D eigenvalue weighted by Gasteiger charge is 2.67. The van der Waals surface area contributed by atoms with Gasteiger partial charge in [-0.3, -0.25) is 0 Å². The molecule has 0 saturated carbocycles. The van der Waals surface area contributed by atoms with E-state index in [1.165, 1.54) is 12.1 Å². The Bertz CT molecular complexity index is 1890. The highest BCUT2D eigenvalue weighted by molar-refractivity contribution is 7.50. The number of phosphoric ester groups is 2. The molecule has 0 saturated heterocycles. The number of benzene rings is 3. The largest absolute Gasteiger partial charge is 0.647 e. The molecule has 0 radical (unpaired) electrons. The first-order valence-electron chi connectivity index (χ1n) is 10.2. The fourth-order valence-corrected chi connectivity index (χ4v) is 8.42. The van der Waals surface area contributed by atoms with Crippen molar-refractivity contribution in [3.63, 3.8) is 0 Å². The SMILES string of the molecule is O=C1OC23c4c(Cl)c(Cl)c(O)c5c4Oc4c6c(O)c(c(c42)OP2(=O)Oc4ccc(c3c41)O2)OP(=O)(O5)O6. The lowest BCUT2D eigenvalue weighted by Crippen LogP contribution is -2.37. The molecule has 7 aliphatic heterocycles. The van der Waals surface area contributed by atoms with Gasteiger partial charge in [-0.15, -0.1) is 0 Å². The van der Waals surface area contributed by atoms with E-state index in [0.29, 0.717) is 0 Å². The van der Waals surface area contributed by atoms with Crippen LogP contribution in [0.1, 0.15) is 27.0 Å². The monoisotopic (exact) mass is 584 g/mol. The molecule has 0 aliphatic carbocycles. The van der Waals surface area contributed by atoms with E-state index >= 15 is 0 Å². The molecular formula is C20H4Cl2O13P2. The van der Waals surface area contributed by atoms with E-state index in [9.17, 15) is 24.1 Å². The second-order valence-electron chi connectivity index (χ2n) is 8.48. The van der Waals surface area contributed by atoms with E-state index in [2.05, 4.69) is 0 Å². The van der Waals surface area contributed by atoms with Crippen LogP contribution < -0.4 is 31.9 Å². The van der Waals surface area contributed by atoms with E-state index < -0.39 is 66.7 Å². The summed E-state index contributed by atoms with van der Waals surface area (Å²) < 4.78 is 72.3. The van der Waals surface area contributed by atoms with Crippen molar-refractivity contribution in [2.75, 3.05) is 0 Å². The number of aromatic hydroxyl groups is 2. The van der Waals surface area contributed by atoms with Gasteiger partial charge in [-0.25, -0.2) is 4.79 Å². The number of phosphoric acid groups is 2. The molecule has 186 valence electrons. The van der Waals surface area contributed by atoms with Crippen LogP contribution in [-0.4, -0.2) is 16.2 Å². The minimum atomic E-state index is -4.72. The molecule has 13 nitrogen and oxygen atoms in total. The van der Waals surface area contributed by atoms with Crippen LogP contribution in [-0.2, 0) is 19.5 Å². The second kappa shape index (κ2) is 5.61. The van der Waals surface area contributed by atoms with E-state index in [0.717, 1.165) is 0 Å². The lowest BCUT2D eigenvalue weighted by molar-refractivity contribution is 0.0199. The van der Waals surface area contributed by atoms with Crippen molar-refractivity contribution in [3.8, 4) is 57.5 Å². The lowest BCUT2D eigenvalue weighted by atomic mass is 9.76. The number of halogens is 2. The van der Waals surface area contributed by atoms with Gasteiger partial charge in [-0.1, -0.05) is 23.2 Å². The molecule has 3 unspecified atom stereocenters. The molecule has 3 atom stereocenters. The normalized spacial score (nSPS) is 28.6. The van der Waals surface area contributed by atoms with Crippen LogP contribution in [0.5, 0.6) is 57.5 Å². The third kappa shape index (κ3) is 1.99. The van der Waals surface area contributed by atoms with Crippen LogP contribution in [0, 0.1) is 0 Å². The fourth-order valence-electron chi connectivity index (χ4n) is 5.34. The number of carbonyl (C=O) groups is 1. The number of esters is 1. The van der Waals surface area contributed by atoms with Crippen molar-refractivity contribution < 1.29 is 60.8 Å². The van der Waals surface area contributed by atoms with E-state index in [4.69, 9.17) is 59.8 Å². The van der Waals surface area contributed by atoms with Crippen molar-refractivity contribution in [1.29, 1.82) is 0 Å². The molecule has 7 heterocycles. The number of hydrogen-bond acceptors (Lipinski definition) is 13. The summed E-state index contributed by atoms with van der Waals surface area (Å²) in [5, 5.41) is 20.9. The molecule has 17 heteroatoms. The Kier molecular flexibility index (Phi) is 3.10. The van der Waals surface area contributed by atoms with Gasteiger partial charge >= 0.3 is 21.6 Å². The van der Waals surface area contributed by atoms with Gasteiger partial charge in [-0.05, 0) is 12.1 Å². The zero-order chi connectivity index (χ0) is 25.4. The van der Waals surface area contributed by atoms with Gasteiger partial charge in [0.1, 0.15) is 22.1 Å². The van der Waals surface area contributed by atoms with Gasteiger partial charge < -0.3 is 46.8 Å². The van der Waals surface area contributed by atoms with Crippen molar-refractivity contribution in [2.24, 2.45) is 0 Å². The Morgan fingerprint density at radius 3 is 2.00 bits per heavy atom. The summed E-state index contributed by atoms with van der Waals surface area (Å²) in [5.74, 6) is -5.93. The van der Waals surface area contributed by atoms with Crippen LogP contribution in [0.4, 0.5) is 0 Å². The number of fused-ring (bicyclic) bond motifs is 4. The van der Waals surface area contributed by atoms with Crippen molar-refractivity contribution in [2.45, 2.75) is 5.60 Å². The number of hydrogen-bond donors (Lipinski definition) is 2. The van der Waals surface area contributed by atoms with Gasteiger partial charge in [0, 0.05) is 0 Å². The van der Waals surface area contributed by atoms with Crippen molar-refractivity contribution >= 4 is 44.8 Å². The molecule has 7 aliphatic rings. The van der Waals surface area contributed by atoms with Gasteiger partial charge in [0.2, 0.25) is 28.6 Å². The van der Waals surface area contributed by atoms with E-state index in [1.54, 1.807) is 0 Å². The first kappa shape index (κ1) is 20.4. The molecule has 2 N–H and O–H groups in total. The summed E-state index contributed by atoms with van der Waals surface area (Å²) in [6, 6.07) is 2.72. The average Bonchev–Trinajstić information content (AvgIpc) is 2.96. The molecule has 1 spiro atoms. The maximum absolute atomic E-state index is 13.7. The van der Waals surface area contributed by atoms with Crippen LogP contribution in [0.3, 0.4) is 0 Å². The third-order valence-electron chi connectivity index (χ3n) is 6.64. The highest BCUT2D eigenvalue weighted by atomic mass is 35.5. The standard InChI is InChI=1S/C20H4Cl2O13P2/c21-9-7-13-16(11(23)10(9)22)33-37(27)34-17-12(24)18(35-37)15-8(14(17)28-13)20(7)6-4-2-1-3(5(6)19(25)29-20)30-36(26,31-4)32-15/h1-2,23-24H. The first-order chi connectivity index (χ1) is 17.6. The predicted octanol–water partition coefficient (Wildman–Crippen LogP) is 5.52. The smallest absolute Gasteiger partial charge is 0.503 e. The molecule has 3 aromatic carbocycles. The van der Waals surface area contributed by atoms with Crippen LogP contribution in [0.25, 0.3) is 0 Å². The highest BCUT2D eigenvalue weighted by Crippen LogP contribution is 2.79. The molecule has 37 heavy (non-hydrogen) atoms. The zero-order valence-corrected chi connectivity index (χ0v) is 20.5. The summed E-state index contributed by atoms with van der Waals surface area (Å²) in [5.41, 5.74) is -2.68. The molecule has 10 rings (SSSR count). The predicted molar refractivity (Wildman–Crippen MR) is 117 cm³/mol. The zero-order valence-electron chi connectivity index (χ0n) is 17.2. The lowest BCUT2D eigenvalue weighted by Gasteiger charge is -2.43. The minimum Gasteiger partial charge on any atom is -0.503 e. The Balaban J connectivity index is 1.61. The summed E-state index contributed by atoms with van der Waals surface area (Å²) in [4.78, 5) is 13.4. The summed E-state index contributed by atoms with van der Waals surface area (Å²) in [6.45, 7) is 0. The molecule has 9 bridgehead atoms. The molecular weight excluding hydrogens is 581 g/mol. The van der Waals surface area contributed by atoms with E-state index in [1.807, 2.05) is 0 Å². The molecule has 0 aromatic heterocycles. The van der Waals surface area contributed by atoms with E-state index in [-0.39, 0.29) is 50.3 Å². The topological polar surface area (TPSA) is 166 Å². The van der Waals surface area contributed by atoms with Crippen molar-refractivity contribution in [1.82, 2.24) is 0 Å². The fraction of sp³-hybridized carbons (Fsp3) is 0.0500. The van der Waals surface area contributed by atoms with Gasteiger partial charge in [0.25, 0.3) is 0 Å².